The zero-order valence-corrected chi connectivity index (χ0v) is 18.2. The van der Waals surface area contributed by atoms with Crippen molar-refractivity contribution in [1.29, 1.82) is 5.26 Å². The molecule has 0 radical (unpaired) electrons. The molecule has 0 atom stereocenters. The molecule has 1 saturated carbocycles. The van der Waals surface area contributed by atoms with Gasteiger partial charge in [0.05, 0.1) is 22.6 Å². The normalized spacial score (nSPS) is 14.1. The number of ether oxygens (including phenoxy) is 1. The van der Waals surface area contributed by atoms with E-state index >= 15 is 0 Å². The molecule has 2 aromatic heterocycles. The molecule has 10 heteroatoms. The predicted molar refractivity (Wildman–Crippen MR) is 118 cm³/mol. The molecule has 3 aromatic rings. The van der Waals surface area contributed by atoms with Gasteiger partial charge in [0.2, 0.25) is 0 Å². The standard InChI is InChI=1S/C21H18ClN5O3S/c1-27-17-15(11-25-26-19(17)30-12-21(31-22)6-7-21)8-16(20(27)29)18(28)24-10-14-4-2-13(9-23)3-5-14/h2-5,8,11H,6-7,10,12H2,1H3,(H,24,28). The minimum absolute atomic E-state index is 0.00225. The van der Waals surface area contributed by atoms with Gasteiger partial charge in [0.1, 0.15) is 17.7 Å². The van der Waals surface area contributed by atoms with Crippen LogP contribution in [0.15, 0.2) is 41.3 Å². The number of rotatable bonds is 7. The first kappa shape index (κ1) is 21.2. The molecule has 2 heterocycles. The zero-order chi connectivity index (χ0) is 22.0. The summed E-state index contributed by atoms with van der Waals surface area (Å²) in [5, 5.41) is 20.2. The van der Waals surface area contributed by atoms with Gasteiger partial charge in [-0.05, 0) is 58.3 Å². The predicted octanol–water partition coefficient (Wildman–Crippen LogP) is 2.93. The Morgan fingerprint density at radius 3 is 2.77 bits per heavy atom. The van der Waals surface area contributed by atoms with Crippen LogP contribution in [-0.2, 0) is 13.6 Å². The van der Waals surface area contributed by atoms with E-state index in [2.05, 4.69) is 15.5 Å². The van der Waals surface area contributed by atoms with Gasteiger partial charge in [0.25, 0.3) is 17.3 Å². The summed E-state index contributed by atoms with van der Waals surface area (Å²) in [5.41, 5.74) is 1.36. The Balaban J connectivity index is 1.57. The number of amides is 1. The Labute approximate surface area is 186 Å². The summed E-state index contributed by atoms with van der Waals surface area (Å²) in [6.07, 6.45) is 3.41. The molecule has 1 N–H and O–H groups in total. The first-order valence-electron chi connectivity index (χ1n) is 9.51. The van der Waals surface area contributed by atoms with E-state index in [1.165, 1.54) is 27.8 Å². The monoisotopic (exact) mass is 455 g/mol. The van der Waals surface area contributed by atoms with Gasteiger partial charge in [-0.3, -0.25) is 9.59 Å². The highest BCUT2D eigenvalue weighted by molar-refractivity contribution is 8.22. The number of benzene rings is 1. The van der Waals surface area contributed by atoms with E-state index in [4.69, 9.17) is 20.7 Å². The molecule has 0 bridgehead atoms. The molecule has 158 valence electrons. The fourth-order valence-electron chi connectivity index (χ4n) is 3.14. The van der Waals surface area contributed by atoms with Crippen LogP contribution in [0.5, 0.6) is 5.88 Å². The molecular weight excluding hydrogens is 438 g/mol. The third-order valence-electron chi connectivity index (χ3n) is 5.22. The third-order valence-corrected chi connectivity index (χ3v) is 7.05. The Morgan fingerprint density at radius 1 is 1.39 bits per heavy atom. The van der Waals surface area contributed by atoms with E-state index in [1.54, 1.807) is 31.3 Å². The molecule has 1 aromatic carbocycles. The lowest BCUT2D eigenvalue weighted by molar-refractivity contribution is 0.0949. The summed E-state index contributed by atoms with van der Waals surface area (Å²) >= 11 is 0. The molecule has 0 saturated heterocycles. The molecule has 1 fully saturated rings. The van der Waals surface area contributed by atoms with Gasteiger partial charge in [-0.25, -0.2) is 0 Å². The van der Waals surface area contributed by atoms with Gasteiger partial charge in [-0.15, -0.1) is 5.10 Å². The molecule has 1 aliphatic rings. The van der Waals surface area contributed by atoms with Crippen molar-refractivity contribution in [3.8, 4) is 11.9 Å². The number of aromatic nitrogens is 3. The summed E-state index contributed by atoms with van der Waals surface area (Å²) in [6.45, 7) is 0.600. The largest absolute Gasteiger partial charge is 0.474 e. The Kier molecular flexibility index (Phi) is 5.85. The number of carbonyl (C=O) groups is 1. The summed E-state index contributed by atoms with van der Waals surface area (Å²) in [7, 11) is 8.74. The topological polar surface area (TPSA) is 110 Å². The highest BCUT2D eigenvalue weighted by Crippen LogP contribution is 2.50. The van der Waals surface area contributed by atoms with Crippen LogP contribution in [0.25, 0.3) is 10.9 Å². The molecule has 8 nitrogen and oxygen atoms in total. The molecule has 31 heavy (non-hydrogen) atoms. The van der Waals surface area contributed by atoms with Crippen LogP contribution in [0.3, 0.4) is 0 Å². The second-order valence-corrected chi connectivity index (χ2v) is 8.90. The maximum Gasteiger partial charge on any atom is 0.263 e. The number of pyridine rings is 1. The molecule has 0 spiro atoms. The van der Waals surface area contributed by atoms with Gasteiger partial charge in [0.15, 0.2) is 0 Å². The maximum atomic E-state index is 12.9. The fraction of sp³-hybridized carbons (Fsp3) is 0.286. The smallest absolute Gasteiger partial charge is 0.263 e. The average Bonchev–Trinajstić information content (AvgIpc) is 3.59. The molecule has 4 rings (SSSR count). The lowest BCUT2D eigenvalue weighted by atomic mass is 10.1. The van der Waals surface area contributed by atoms with E-state index in [1.807, 2.05) is 6.07 Å². The SMILES string of the molecule is Cn1c(=O)c(C(=O)NCc2ccc(C#N)cc2)cc2cnnc(OCC3(SCl)CC3)c21. The number of fused-ring (bicyclic) bond motifs is 1. The van der Waals surface area contributed by atoms with Crippen LogP contribution in [0.1, 0.15) is 34.3 Å². The molecule has 1 aliphatic carbocycles. The molecule has 0 unspecified atom stereocenters. The maximum absolute atomic E-state index is 12.9. The van der Waals surface area contributed by atoms with Crippen LogP contribution in [0.4, 0.5) is 0 Å². The molecule has 0 aliphatic heterocycles. The fourth-order valence-corrected chi connectivity index (χ4v) is 4.09. The van der Waals surface area contributed by atoms with Crippen LogP contribution in [-0.4, -0.2) is 32.0 Å². The summed E-state index contributed by atoms with van der Waals surface area (Å²) in [4.78, 5) is 25.6. The number of halogens is 1. The quantitative estimate of drug-likeness (QED) is 0.583. The van der Waals surface area contributed by atoms with Crippen molar-refractivity contribution in [1.82, 2.24) is 20.1 Å². The minimum Gasteiger partial charge on any atom is -0.474 e. The average molecular weight is 456 g/mol. The number of hydrogen-bond donors (Lipinski definition) is 1. The van der Waals surface area contributed by atoms with Gasteiger partial charge < -0.3 is 14.6 Å². The number of aryl methyl sites for hydroxylation is 1. The van der Waals surface area contributed by atoms with Crippen molar-refractivity contribution in [2.45, 2.75) is 24.1 Å². The Morgan fingerprint density at radius 2 is 2.13 bits per heavy atom. The first-order valence-corrected chi connectivity index (χ1v) is 11.2. The second kappa shape index (κ2) is 8.57. The van der Waals surface area contributed by atoms with Crippen LogP contribution in [0.2, 0.25) is 0 Å². The van der Waals surface area contributed by atoms with Crippen molar-refractivity contribution in [2.24, 2.45) is 7.05 Å². The van der Waals surface area contributed by atoms with Gasteiger partial charge in [-0.1, -0.05) is 12.1 Å². The van der Waals surface area contributed by atoms with Crippen molar-refractivity contribution in [2.75, 3.05) is 6.61 Å². The van der Waals surface area contributed by atoms with Gasteiger partial charge in [0, 0.05) is 19.0 Å². The minimum atomic E-state index is -0.499. The van der Waals surface area contributed by atoms with Crippen molar-refractivity contribution in [3.63, 3.8) is 0 Å². The third kappa shape index (κ3) is 4.36. The molecule has 1 amide bonds. The number of nitrogens with one attached hydrogen (secondary N) is 1. The number of hydrogen-bond acceptors (Lipinski definition) is 7. The van der Waals surface area contributed by atoms with E-state index in [9.17, 15) is 9.59 Å². The second-order valence-electron chi connectivity index (χ2n) is 7.42. The lowest BCUT2D eigenvalue weighted by Gasteiger charge is -2.15. The van der Waals surface area contributed by atoms with Crippen LogP contribution < -0.4 is 15.6 Å². The zero-order valence-electron chi connectivity index (χ0n) is 16.6. The van der Waals surface area contributed by atoms with Crippen LogP contribution >= 0.6 is 21.7 Å². The summed E-state index contributed by atoms with van der Waals surface area (Å²) < 4.78 is 7.07. The van der Waals surface area contributed by atoms with E-state index in [-0.39, 0.29) is 22.7 Å². The number of nitriles is 1. The number of carbonyl (C=O) groups excluding carboxylic acids is 1. The van der Waals surface area contributed by atoms with Gasteiger partial charge >= 0.3 is 0 Å². The van der Waals surface area contributed by atoms with E-state index < -0.39 is 11.5 Å². The van der Waals surface area contributed by atoms with Crippen molar-refractivity contribution < 1.29 is 9.53 Å². The van der Waals surface area contributed by atoms with Crippen molar-refractivity contribution >= 4 is 38.5 Å². The number of nitrogens with zero attached hydrogens (tertiary/aromatic N) is 4. The van der Waals surface area contributed by atoms with Crippen LogP contribution in [0, 0.1) is 11.3 Å². The lowest BCUT2D eigenvalue weighted by Crippen LogP contribution is -2.32. The van der Waals surface area contributed by atoms with Crippen molar-refractivity contribution in [3.05, 3.63) is 63.6 Å². The Hall–Kier alpha value is -3.09. The summed E-state index contributed by atoms with van der Waals surface area (Å²) in [6, 6.07) is 10.4. The first-order chi connectivity index (χ1) is 15.0. The Bertz CT molecular complexity index is 1250. The van der Waals surface area contributed by atoms with E-state index in [0.717, 1.165) is 18.4 Å². The molecular formula is C21H18ClN5O3S. The highest BCUT2D eigenvalue weighted by atomic mass is 35.7. The van der Waals surface area contributed by atoms with Gasteiger partial charge in [-0.2, -0.15) is 10.4 Å². The van der Waals surface area contributed by atoms with E-state index in [0.29, 0.717) is 23.1 Å². The highest BCUT2D eigenvalue weighted by Gasteiger charge is 2.44. The summed E-state index contributed by atoms with van der Waals surface area (Å²) in [5.74, 6) is -0.264.